The number of benzene rings is 2. The van der Waals surface area contributed by atoms with Crippen molar-refractivity contribution in [2.75, 3.05) is 17.1 Å². The predicted octanol–water partition coefficient (Wildman–Crippen LogP) is 4.25. The third-order valence-electron chi connectivity index (χ3n) is 5.03. The van der Waals surface area contributed by atoms with Gasteiger partial charge in [0.1, 0.15) is 17.5 Å². The summed E-state index contributed by atoms with van der Waals surface area (Å²) in [6, 6.07) is 15.1. The van der Waals surface area contributed by atoms with Crippen LogP contribution in [0.3, 0.4) is 0 Å². The topological polar surface area (TPSA) is 75.7 Å². The Morgan fingerprint density at radius 3 is 2.33 bits per heavy atom. The van der Waals surface area contributed by atoms with Crippen molar-refractivity contribution in [3.63, 3.8) is 0 Å². The normalized spacial score (nSPS) is 15.1. The van der Waals surface area contributed by atoms with Crippen molar-refractivity contribution in [2.24, 2.45) is 0 Å². The quantitative estimate of drug-likeness (QED) is 0.638. The first-order chi connectivity index (χ1) is 14.3. The highest BCUT2D eigenvalue weighted by atomic mass is 32.2. The maximum Gasteiger partial charge on any atom is 0.243 e. The van der Waals surface area contributed by atoms with Crippen LogP contribution in [0.25, 0.3) is 0 Å². The lowest BCUT2D eigenvalue weighted by molar-refractivity contribution is -0.121. The van der Waals surface area contributed by atoms with E-state index in [-0.39, 0.29) is 5.91 Å². The molecule has 1 atom stereocenters. The van der Waals surface area contributed by atoms with E-state index in [4.69, 9.17) is 4.74 Å². The van der Waals surface area contributed by atoms with Crippen LogP contribution in [0.4, 0.5) is 5.69 Å². The fourth-order valence-corrected chi connectivity index (χ4v) is 4.68. The molecule has 0 radical (unpaired) electrons. The number of nitrogens with zero attached hydrogens (tertiary/aromatic N) is 1. The number of hydrogen-bond donors (Lipinski definition) is 1. The van der Waals surface area contributed by atoms with E-state index in [1.54, 1.807) is 31.2 Å². The van der Waals surface area contributed by atoms with Crippen molar-refractivity contribution in [3.05, 3.63) is 66.2 Å². The Labute approximate surface area is 178 Å². The Morgan fingerprint density at radius 2 is 1.73 bits per heavy atom. The lowest BCUT2D eigenvalue weighted by Gasteiger charge is -2.28. The van der Waals surface area contributed by atoms with Gasteiger partial charge in [-0.2, -0.15) is 0 Å². The minimum Gasteiger partial charge on any atom is -0.457 e. The fraction of sp³-hybridized carbons (Fsp3) is 0.348. The summed E-state index contributed by atoms with van der Waals surface area (Å²) in [7, 11) is -3.66. The van der Waals surface area contributed by atoms with Crippen molar-refractivity contribution in [2.45, 2.75) is 38.6 Å². The molecule has 7 heteroatoms. The first-order valence-corrected chi connectivity index (χ1v) is 12.0. The maximum absolute atomic E-state index is 12.7. The van der Waals surface area contributed by atoms with E-state index in [9.17, 15) is 13.2 Å². The van der Waals surface area contributed by atoms with Crippen LogP contribution >= 0.6 is 0 Å². The summed E-state index contributed by atoms with van der Waals surface area (Å²) in [5.41, 5.74) is 1.62. The zero-order valence-electron chi connectivity index (χ0n) is 17.4. The SMILES string of the molecule is CC(C(=O)NCC1=CCCCC1)N(c1ccc(Oc2ccccc2)cc1)S(C)(=O)=O. The van der Waals surface area contributed by atoms with Gasteiger partial charge in [-0.1, -0.05) is 29.8 Å². The lowest BCUT2D eigenvalue weighted by Crippen LogP contribution is -2.48. The molecule has 0 aromatic heterocycles. The van der Waals surface area contributed by atoms with Crippen LogP contribution in [-0.4, -0.2) is 33.2 Å². The predicted molar refractivity (Wildman–Crippen MR) is 119 cm³/mol. The fourth-order valence-electron chi connectivity index (χ4n) is 3.51. The van der Waals surface area contributed by atoms with Crippen molar-refractivity contribution in [3.8, 4) is 11.5 Å². The number of allylic oxidation sites excluding steroid dienone is 1. The van der Waals surface area contributed by atoms with Crippen LogP contribution in [0.1, 0.15) is 32.6 Å². The summed E-state index contributed by atoms with van der Waals surface area (Å²) < 4.78 is 31.8. The number of nitrogens with one attached hydrogen (secondary N) is 1. The van der Waals surface area contributed by atoms with Crippen molar-refractivity contribution in [1.29, 1.82) is 0 Å². The van der Waals surface area contributed by atoms with Gasteiger partial charge in [0.25, 0.3) is 0 Å². The molecule has 1 aliphatic rings. The van der Waals surface area contributed by atoms with Gasteiger partial charge >= 0.3 is 0 Å². The monoisotopic (exact) mass is 428 g/mol. The van der Waals surface area contributed by atoms with Crippen LogP contribution in [0.5, 0.6) is 11.5 Å². The molecule has 2 aromatic rings. The number of amides is 1. The van der Waals surface area contributed by atoms with Crippen LogP contribution in [0.15, 0.2) is 66.2 Å². The highest BCUT2D eigenvalue weighted by Gasteiger charge is 2.29. The van der Waals surface area contributed by atoms with E-state index in [1.807, 2.05) is 30.3 Å². The number of sulfonamides is 1. The molecule has 30 heavy (non-hydrogen) atoms. The van der Waals surface area contributed by atoms with Gasteiger partial charge in [-0.3, -0.25) is 9.10 Å². The smallest absolute Gasteiger partial charge is 0.243 e. The van der Waals surface area contributed by atoms with Crippen LogP contribution in [0.2, 0.25) is 0 Å². The van der Waals surface area contributed by atoms with E-state index in [1.165, 1.54) is 12.0 Å². The molecule has 0 fully saturated rings. The first kappa shape index (κ1) is 21.9. The molecule has 1 amide bonds. The second kappa shape index (κ2) is 9.80. The van der Waals surface area contributed by atoms with Gasteiger partial charge < -0.3 is 10.1 Å². The molecule has 2 aromatic carbocycles. The van der Waals surface area contributed by atoms with Gasteiger partial charge in [-0.15, -0.1) is 0 Å². The Hall–Kier alpha value is -2.80. The molecule has 0 saturated heterocycles. The summed E-state index contributed by atoms with van der Waals surface area (Å²) in [5, 5.41) is 2.88. The largest absolute Gasteiger partial charge is 0.457 e. The van der Waals surface area contributed by atoms with Gasteiger partial charge in [0.05, 0.1) is 11.9 Å². The number of para-hydroxylation sites is 1. The summed E-state index contributed by atoms with van der Waals surface area (Å²) in [5.74, 6) is 0.950. The third-order valence-corrected chi connectivity index (χ3v) is 6.27. The average molecular weight is 429 g/mol. The van der Waals surface area contributed by atoms with Crippen LogP contribution in [-0.2, 0) is 14.8 Å². The molecule has 1 aliphatic carbocycles. The molecule has 0 aliphatic heterocycles. The number of carbonyl (C=O) groups excluding carboxylic acids is 1. The number of anilines is 1. The molecular formula is C23H28N2O4S. The molecule has 0 bridgehead atoms. The van der Waals surface area contributed by atoms with Gasteiger partial charge in [-0.25, -0.2) is 8.42 Å². The van der Waals surface area contributed by atoms with Crippen LogP contribution < -0.4 is 14.4 Å². The molecule has 1 N–H and O–H groups in total. The molecule has 3 rings (SSSR count). The molecule has 0 heterocycles. The van der Waals surface area contributed by atoms with Gasteiger partial charge in [0.2, 0.25) is 15.9 Å². The Morgan fingerprint density at radius 1 is 1.07 bits per heavy atom. The standard InChI is InChI=1S/C23H28N2O4S/c1-18(23(26)24-17-19-9-5-3-6-10-19)25(30(2,27)28)20-13-15-22(16-14-20)29-21-11-7-4-8-12-21/h4,7-9,11-16,18H,3,5-6,10,17H2,1-2H3,(H,24,26). The number of rotatable bonds is 8. The van der Waals surface area contributed by atoms with E-state index >= 15 is 0 Å². The molecule has 0 spiro atoms. The van der Waals surface area contributed by atoms with Crippen LogP contribution in [0, 0.1) is 0 Å². The zero-order chi connectivity index (χ0) is 21.6. The summed E-state index contributed by atoms with van der Waals surface area (Å²) in [6.45, 7) is 2.06. The minimum absolute atomic E-state index is 0.323. The highest BCUT2D eigenvalue weighted by molar-refractivity contribution is 7.92. The van der Waals surface area contributed by atoms with Gasteiger partial charge in [0, 0.05) is 6.54 Å². The Kier molecular flexibility index (Phi) is 7.15. The maximum atomic E-state index is 12.7. The van der Waals surface area contributed by atoms with Crippen molar-refractivity contribution >= 4 is 21.6 Å². The molecule has 1 unspecified atom stereocenters. The number of ether oxygens (including phenoxy) is 1. The van der Waals surface area contributed by atoms with Crippen molar-refractivity contribution < 1.29 is 17.9 Å². The highest BCUT2D eigenvalue weighted by Crippen LogP contribution is 2.27. The number of hydrogen-bond acceptors (Lipinski definition) is 4. The van der Waals surface area contributed by atoms with Gasteiger partial charge in [0.15, 0.2) is 0 Å². The summed E-state index contributed by atoms with van der Waals surface area (Å²) in [6.07, 6.45) is 7.59. The Balaban J connectivity index is 1.71. The molecular weight excluding hydrogens is 400 g/mol. The third kappa shape index (κ3) is 5.86. The minimum atomic E-state index is -3.66. The van der Waals surface area contributed by atoms with Gasteiger partial charge in [-0.05, 0) is 69.0 Å². The number of carbonyl (C=O) groups is 1. The van der Waals surface area contributed by atoms with E-state index < -0.39 is 16.1 Å². The molecule has 0 saturated carbocycles. The summed E-state index contributed by atoms with van der Waals surface area (Å²) >= 11 is 0. The molecule has 160 valence electrons. The van der Waals surface area contributed by atoms with Crippen molar-refractivity contribution in [1.82, 2.24) is 5.32 Å². The van der Waals surface area contributed by atoms with E-state index in [0.29, 0.717) is 23.7 Å². The second-order valence-corrected chi connectivity index (χ2v) is 9.33. The first-order valence-electron chi connectivity index (χ1n) is 10.1. The summed E-state index contributed by atoms with van der Waals surface area (Å²) in [4.78, 5) is 12.7. The van der Waals surface area contributed by atoms with E-state index in [0.717, 1.165) is 29.8 Å². The zero-order valence-corrected chi connectivity index (χ0v) is 18.2. The van der Waals surface area contributed by atoms with E-state index in [2.05, 4.69) is 11.4 Å². The Bertz CT molecular complexity index is 986. The average Bonchev–Trinajstić information content (AvgIpc) is 2.74. The lowest BCUT2D eigenvalue weighted by atomic mass is 10.00. The second-order valence-electron chi connectivity index (χ2n) is 7.47. The molecule has 6 nitrogen and oxygen atoms in total.